The first-order valence-corrected chi connectivity index (χ1v) is 7.59. The molecular weight excluding hydrogens is 294 g/mol. The van der Waals surface area contributed by atoms with Gasteiger partial charge in [-0.15, -0.1) is 0 Å². The Morgan fingerprint density at radius 2 is 2.17 bits per heavy atom. The summed E-state index contributed by atoms with van der Waals surface area (Å²) in [6.45, 7) is 2.05. The van der Waals surface area contributed by atoms with Gasteiger partial charge in [0, 0.05) is 25.1 Å². The number of pyridine rings is 1. The molecule has 1 aromatic carbocycles. The lowest BCUT2D eigenvalue weighted by atomic mass is 10.2. The van der Waals surface area contributed by atoms with Gasteiger partial charge in [-0.25, -0.2) is 4.98 Å². The van der Waals surface area contributed by atoms with Gasteiger partial charge in [-0.2, -0.15) is 0 Å². The summed E-state index contributed by atoms with van der Waals surface area (Å²) >= 11 is 0. The molecule has 1 fully saturated rings. The molecule has 23 heavy (non-hydrogen) atoms. The van der Waals surface area contributed by atoms with Crippen molar-refractivity contribution in [3.05, 3.63) is 48.7 Å². The molecule has 3 rings (SSSR count). The van der Waals surface area contributed by atoms with Crippen LogP contribution in [0, 0.1) is 0 Å². The predicted octanol–water partition coefficient (Wildman–Crippen LogP) is 2.19. The van der Waals surface area contributed by atoms with Crippen molar-refractivity contribution >= 4 is 11.6 Å². The maximum atomic E-state index is 12.0. The van der Waals surface area contributed by atoms with Crippen LogP contribution in [0.2, 0.25) is 0 Å². The minimum atomic E-state index is -0.0634. The Hall–Kier alpha value is -2.44. The highest BCUT2D eigenvalue weighted by Gasteiger charge is 2.16. The quantitative estimate of drug-likeness (QED) is 0.885. The van der Waals surface area contributed by atoms with E-state index in [0.29, 0.717) is 31.2 Å². The van der Waals surface area contributed by atoms with E-state index in [4.69, 9.17) is 9.47 Å². The van der Waals surface area contributed by atoms with Gasteiger partial charge >= 0.3 is 0 Å². The lowest BCUT2D eigenvalue weighted by Crippen LogP contribution is -2.43. The highest BCUT2D eigenvalue weighted by molar-refractivity contribution is 5.90. The second kappa shape index (κ2) is 7.71. The molecular formula is C17H19N3O3. The first-order chi connectivity index (χ1) is 11.3. The van der Waals surface area contributed by atoms with Crippen molar-refractivity contribution in [3.63, 3.8) is 0 Å². The maximum Gasteiger partial charge on any atom is 0.226 e. The number of para-hydroxylation sites is 1. The molecule has 2 heterocycles. The van der Waals surface area contributed by atoms with E-state index < -0.39 is 0 Å². The zero-order valence-electron chi connectivity index (χ0n) is 12.7. The molecule has 0 saturated carbocycles. The third-order valence-electron chi connectivity index (χ3n) is 3.42. The van der Waals surface area contributed by atoms with Gasteiger partial charge in [-0.05, 0) is 18.2 Å². The number of anilines is 1. The first-order valence-electron chi connectivity index (χ1n) is 7.59. The van der Waals surface area contributed by atoms with Crippen molar-refractivity contribution in [2.45, 2.75) is 12.5 Å². The summed E-state index contributed by atoms with van der Waals surface area (Å²) in [6, 6.07) is 13.0. The maximum absolute atomic E-state index is 12.0. The number of morpholine rings is 1. The molecule has 1 saturated heterocycles. The van der Waals surface area contributed by atoms with Gasteiger partial charge in [0.1, 0.15) is 5.75 Å². The van der Waals surface area contributed by atoms with Gasteiger partial charge in [-0.3, -0.25) is 4.79 Å². The molecule has 1 atom stereocenters. The second-order valence-corrected chi connectivity index (χ2v) is 5.28. The zero-order chi connectivity index (χ0) is 15.9. The first kappa shape index (κ1) is 15.5. The average molecular weight is 313 g/mol. The Balaban J connectivity index is 1.51. The van der Waals surface area contributed by atoms with Crippen LogP contribution in [-0.4, -0.2) is 36.7 Å². The lowest BCUT2D eigenvalue weighted by molar-refractivity contribution is -0.117. The minimum Gasteiger partial charge on any atom is -0.439 e. The van der Waals surface area contributed by atoms with Crippen molar-refractivity contribution in [2.75, 3.05) is 25.1 Å². The van der Waals surface area contributed by atoms with Crippen molar-refractivity contribution in [2.24, 2.45) is 0 Å². The van der Waals surface area contributed by atoms with Crippen LogP contribution in [0.25, 0.3) is 0 Å². The number of benzene rings is 1. The van der Waals surface area contributed by atoms with Crippen LogP contribution < -0.4 is 15.4 Å². The number of aromatic nitrogens is 1. The monoisotopic (exact) mass is 313 g/mol. The van der Waals surface area contributed by atoms with E-state index in [1.165, 1.54) is 0 Å². The van der Waals surface area contributed by atoms with Crippen LogP contribution in [0.4, 0.5) is 5.69 Å². The number of hydrogen-bond acceptors (Lipinski definition) is 5. The third-order valence-corrected chi connectivity index (χ3v) is 3.42. The number of ether oxygens (including phenoxy) is 2. The molecule has 6 nitrogen and oxygen atoms in total. The summed E-state index contributed by atoms with van der Waals surface area (Å²) in [6.07, 6.45) is 1.96. The second-order valence-electron chi connectivity index (χ2n) is 5.28. The van der Waals surface area contributed by atoms with Gasteiger partial charge in [0.15, 0.2) is 0 Å². The fraction of sp³-hybridized carbons (Fsp3) is 0.294. The Morgan fingerprint density at radius 1 is 1.30 bits per heavy atom. The lowest BCUT2D eigenvalue weighted by Gasteiger charge is -2.23. The van der Waals surface area contributed by atoms with Gasteiger partial charge in [0.2, 0.25) is 11.8 Å². The van der Waals surface area contributed by atoms with E-state index in [-0.39, 0.29) is 11.9 Å². The van der Waals surface area contributed by atoms with E-state index in [0.717, 1.165) is 12.3 Å². The summed E-state index contributed by atoms with van der Waals surface area (Å²) in [5.74, 6) is 1.14. The van der Waals surface area contributed by atoms with Crippen molar-refractivity contribution in [1.29, 1.82) is 0 Å². The Kier molecular flexibility index (Phi) is 5.18. The Morgan fingerprint density at radius 3 is 2.87 bits per heavy atom. The average Bonchev–Trinajstić information content (AvgIpc) is 2.58. The minimum absolute atomic E-state index is 0.0634. The van der Waals surface area contributed by atoms with Crippen LogP contribution in [0.15, 0.2) is 48.7 Å². The molecule has 0 radical (unpaired) electrons. The zero-order valence-corrected chi connectivity index (χ0v) is 12.7. The van der Waals surface area contributed by atoms with E-state index in [2.05, 4.69) is 15.6 Å². The number of amides is 1. The molecule has 0 bridgehead atoms. The van der Waals surface area contributed by atoms with Crippen LogP contribution in [-0.2, 0) is 9.53 Å². The van der Waals surface area contributed by atoms with Gasteiger partial charge in [0.25, 0.3) is 0 Å². The number of nitrogens with zero attached hydrogens (tertiary/aromatic N) is 1. The highest BCUT2D eigenvalue weighted by atomic mass is 16.5. The third kappa shape index (κ3) is 4.77. The van der Waals surface area contributed by atoms with Gasteiger partial charge in [-0.1, -0.05) is 18.2 Å². The largest absolute Gasteiger partial charge is 0.439 e. The van der Waals surface area contributed by atoms with Crippen LogP contribution >= 0.6 is 0 Å². The predicted molar refractivity (Wildman–Crippen MR) is 86.6 cm³/mol. The van der Waals surface area contributed by atoms with Crippen LogP contribution in [0.5, 0.6) is 11.6 Å². The molecule has 1 amide bonds. The molecule has 120 valence electrons. The van der Waals surface area contributed by atoms with E-state index in [9.17, 15) is 4.79 Å². The number of carbonyl (C=O) groups is 1. The van der Waals surface area contributed by atoms with Crippen LogP contribution in [0.1, 0.15) is 6.42 Å². The summed E-state index contributed by atoms with van der Waals surface area (Å²) in [7, 11) is 0. The standard InChI is InChI=1S/C17H19N3O3/c21-16(10-14-12-22-9-8-18-14)20-13-6-7-17(19-11-13)23-15-4-2-1-3-5-15/h1-7,11,14,18H,8-10,12H2,(H,20,21). The molecule has 1 unspecified atom stereocenters. The Bertz CT molecular complexity index is 625. The topological polar surface area (TPSA) is 72.5 Å². The fourth-order valence-electron chi connectivity index (χ4n) is 2.31. The van der Waals surface area contributed by atoms with E-state index in [1.807, 2.05) is 30.3 Å². The molecule has 2 N–H and O–H groups in total. The number of nitrogens with one attached hydrogen (secondary N) is 2. The summed E-state index contributed by atoms with van der Waals surface area (Å²) < 4.78 is 10.9. The highest BCUT2D eigenvalue weighted by Crippen LogP contribution is 2.19. The SMILES string of the molecule is O=C(CC1COCCN1)Nc1ccc(Oc2ccccc2)nc1. The molecule has 1 aliphatic rings. The number of hydrogen-bond donors (Lipinski definition) is 2. The molecule has 0 aliphatic carbocycles. The Labute approximate surface area is 134 Å². The van der Waals surface area contributed by atoms with Gasteiger partial charge in [0.05, 0.1) is 25.1 Å². The van der Waals surface area contributed by atoms with Crippen molar-refractivity contribution in [3.8, 4) is 11.6 Å². The smallest absolute Gasteiger partial charge is 0.226 e. The van der Waals surface area contributed by atoms with Gasteiger partial charge < -0.3 is 20.1 Å². The number of rotatable bonds is 5. The van der Waals surface area contributed by atoms with Crippen molar-refractivity contribution < 1.29 is 14.3 Å². The fourth-order valence-corrected chi connectivity index (χ4v) is 2.31. The van der Waals surface area contributed by atoms with E-state index >= 15 is 0 Å². The molecule has 6 heteroatoms. The number of carbonyl (C=O) groups excluding carboxylic acids is 1. The summed E-state index contributed by atoms with van der Waals surface area (Å²) in [5, 5.41) is 6.08. The molecule has 2 aromatic rings. The summed E-state index contributed by atoms with van der Waals surface area (Å²) in [4.78, 5) is 16.2. The normalized spacial score (nSPS) is 17.5. The summed E-state index contributed by atoms with van der Waals surface area (Å²) in [5.41, 5.74) is 0.645. The molecule has 0 spiro atoms. The molecule has 1 aromatic heterocycles. The van der Waals surface area contributed by atoms with Crippen LogP contribution in [0.3, 0.4) is 0 Å². The van der Waals surface area contributed by atoms with Crippen molar-refractivity contribution in [1.82, 2.24) is 10.3 Å². The molecule has 1 aliphatic heterocycles. The van der Waals surface area contributed by atoms with E-state index in [1.54, 1.807) is 18.3 Å².